The largest absolute Gasteiger partial charge is 0.418 e. The van der Waals surface area contributed by atoms with Crippen LogP contribution in [-0.2, 0) is 31.9 Å². The number of piperidine rings is 1. The highest BCUT2D eigenvalue weighted by atomic mass is 32.2. The fraction of sp³-hybridized carbons (Fsp3) is 0.444. The smallest absolute Gasteiger partial charge is 0.382 e. The fourth-order valence-corrected chi connectivity index (χ4v) is 6.72. The van der Waals surface area contributed by atoms with Gasteiger partial charge < -0.3 is 15.0 Å². The third-order valence-corrected chi connectivity index (χ3v) is 9.20. The molecule has 2 aliphatic rings. The first kappa shape index (κ1) is 32.2. The summed E-state index contributed by atoms with van der Waals surface area (Å²) in [6, 6.07) is 8.10. The number of hydrogen-bond donors (Lipinski definition) is 1. The summed E-state index contributed by atoms with van der Waals surface area (Å²) in [7, 11) is -3.31. The summed E-state index contributed by atoms with van der Waals surface area (Å²) in [6.07, 6.45) is -6.92. The van der Waals surface area contributed by atoms with E-state index in [1.165, 1.54) is 21.3 Å². The van der Waals surface area contributed by atoms with Crippen molar-refractivity contribution >= 4 is 39.5 Å². The number of carbonyl (C=O) groups excluding carboxylic acids is 1. The number of ether oxygens (including phenoxy) is 1. The van der Waals surface area contributed by atoms with Gasteiger partial charge in [0, 0.05) is 53.8 Å². The van der Waals surface area contributed by atoms with Crippen molar-refractivity contribution in [1.82, 2.24) is 9.21 Å². The minimum absolute atomic E-state index is 0.0861. The lowest BCUT2D eigenvalue weighted by Gasteiger charge is -2.31. The molecule has 0 aliphatic carbocycles. The second kappa shape index (κ2) is 12.9. The van der Waals surface area contributed by atoms with Crippen LogP contribution in [0.5, 0.6) is 0 Å². The first-order valence-electron chi connectivity index (χ1n) is 13.0. The molecular formula is C27H29F6N3O4S2. The maximum Gasteiger partial charge on any atom is 0.418 e. The molecule has 0 bridgehead atoms. The normalized spacial score (nSPS) is 18.0. The Labute approximate surface area is 243 Å². The van der Waals surface area contributed by atoms with E-state index >= 15 is 0 Å². The van der Waals surface area contributed by atoms with E-state index < -0.39 is 49.9 Å². The van der Waals surface area contributed by atoms with Crippen LogP contribution >= 0.6 is 11.8 Å². The number of nitrogens with one attached hydrogen (secondary N) is 1. The van der Waals surface area contributed by atoms with Gasteiger partial charge in [0.2, 0.25) is 15.9 Å². The van der Waals surface area contributed by atoms with E-state index in [1.807, 2.05) is 0 Å². The number of hydrogen-bond acceptors (Lipinski definition) is 6. The summed E-state index contributed by atoms with van der Waals surface area (Å²) in [4.78, 5) is 13.4. The molecule has 230 valence electrons. The molecule has 1 N–H and O–H groups in total. The Morgan fingerprint density at radius 3 is 2.21 bits per heavy atom. The summed E-state index contributed by atoms with van der Waals surface area (Å²) in [5.41, 5.74) is -3.91. The Morgan fingerprint density at radius 2 is 1.62 bits per heavy atom. The summed E-state index contributed by atoms with van der Waals surface area (Å²) < 4.78 is 115. The van der Waals surface area contributed by atoms with E-state index in [1.54, 1.807) is 12.1 Å². The van der Waals surface area contributed by atoms with Gasteiger partial charge in [-0.2, -0.15) is 26.3 Å². The number of halogens is 6. The van der Waals surface area contributed by atoms with Gasteiger partial charge in [0.05, 0.1) is 30.6 Å². The van der Waals surface area contributed by atoms with Gasteiger partial charge in [0.25, 0.3) is 0 Å². The van der Waals surface area contributed by atoms with Crippen LogP contribution in [0.4, 0.5) is 32.0 Å². The van der Waals surface area contributed by atoms with Crippen molar-refractivity contribution in [1.29, 1.82) is 0 Å². The van der Waals surface area contributed by atoms with Crippen molar-refractivity contribution in [2.24, 2.45) is 0 Å². The van der Waals surface area contributed by atoms with Crippen molar-refractivity contribution in [3.05, 3.63) is 59.2 Å². The number of alkyl halides is 6. The first-order chi connectivity index (χ1) is 19.6. The molecular weight excluding hydrogens is 608 g/mol. The van der Waals surface area contributed by atoms with Crippen molar-refractivity contribution in [3.63, 3.8) is 0 Å². The molecule has 2 saturated heterocycles. The average molecular weight is 638 g/mol. The standard InChI is InChI=1S/C27H29F6N3O4S2/c1-42(38,39)36-11-9-19(10-12-36)34-20-3-2-4-21(17-20)41-22-7-5-18(6-8-23(37)35-13-15-40-16-14-35)24(26(28,29)30)25(22)27(31,32)33/h2-8,17,19,34H,9-16H2,1H3/b8-6+. The van der Waals surface area contributed by atoms with Crippen LogP contribution in [0.2, 0.25) is 0 Å². The van der Waals surface area contributed by atoms with E-state index in [2.05, 4.69) is 5.32 Å². The third kappa shape index (κ3) is 8.20. The molecule has 2 aromatic carbocycles. The first-order valence-corrected chi connectivity index (χ1v) is 15.6. The molecule has 0 unspecified atom stereocenters. The molecule has 2 heterocycles. The molecule has 0 radical (unpaired) electrons. The monoisotopic (exact) mass is 637 g/mol. The minimum Gasteiger partial charge on any atom is -0.382 e. The summed E-state index contributed by atoms with van der Waals surface area (Å²) >= 11 is 0.546. The van der Waals surface area contributed by atoms with Gasteiger partial charge in [-0.3, -0.25) is 4.79 Å². The molecule has 0 spiro atoms. The zero-order valence-corrected chi connectivity index (χ0v) is 24.1. The lowest BCUT2D eigenvalue weighted by atomic mass is 9.99. The van der Waals surface area contributed by atoms with E-state index in [0.717, 1.165) is 30.5 Å². The Balaban J connectivity index is 1.59. The number of nitrogens with zero attached hydrogens (tertiary/aromatic N) is 2. The van der Waals surface area contributed by atoms with E-state index in [-0.39, 0.29) is 37.2 Å². The number of rotatable bonds is 7. The van der Waals surface area contributed by atoms with Crippen LogP contribution in [0.15, 0.2) is 52.3 Å². The van der Waals surface area contributed by atoms with Gasteiger partial charge >= 0.3 is 12.4 Å². The number of morpholine rings is 1. The van der Waals surface area contributed by atoms with E-state index in [4.69, 9.17) is 4.74 Å². The van der Waals surface area contributed by atoms with Crippen molar-refractivity contribution in [2.45, 2.75) is 41.0 Å². The molecule has 42 heavy (non-hydrogen) atoms. The van der Waals surface area contributed by atoms with E-state index in [0.29, 0.717) is 43.4 Å². The summed E-state index contributed by atoms with van der Waals surface area (Å²) in [5.74, 6) is -0.621. The molecule has 7 nitrogen and oxygen atoms in total. The van der Waals surface area contributed by atoms with Crippen molar-refractivity contribution in [2.75, 3.05) is 51.0 Å². The van der Waals surface area contributed by atoms with Crippen LogP contribution < -0.4 is 5.32 Å². The lowest BCUT2D eigenvalue weighted by Crippen LogP contribution is -2.41. The molecule has 2 aliphatic heterocycles. The predicted octanol–water partition coefficient (Wildman–Crippen LogP) is 5.58. The molecule has 0 saturated carbocycles. The highest BCUT2D eigenvalue weighted by molar-refractivity contribution is 7.99. The SMILES string of the molecule is CS(=O)(=O)N1CCC(Nc2cccc(Sc3ccc(/C=C/C(=O)N4CCOCC4)c(C(F)(F)F)c3C(F)(F)F)c2)CC1. The fourth-order valence-electron chi connectivity index (χ4n) is 4.80. The van der Waals surface area contributed by atoms with Gasteiger partial charge in [0.15, 0.2) is 0 Å². The second-order valence-electron chi connectivity index (χ2n) is 9.88. The van der Waals surface area contributed by atoms with Crippen LogP contribution in [0.1, 0.15) is 29.5 Å². The second-order valence-corrected chi connectivity index (χ2v) is 13.0. The van der Waals surface area contributed by atoms with Gasteiger partial charge in [-0.1, -0.05) is 23.9 Å². The Hall–Kier alpha value is -2.75. The summed E-state index contributed by atoms with van der Waals surface area (Å²) in [6.45, 7) is 1.62. The summed E-state index contributed by atoms with van der Waals surface area (Å²) in [5, 5.41) is 3.23. The van der Waals surface area contributed by atoms with Gasteiger partial charge in [-0.05, 0) is 48.7 Å². The van der Waals surface area contributed by atoms with Crippen LogP contribution in [0.3, 0.4) is 0 Å². The average Bonchev–Trinajstić information content (AvgIpc) is 2.91. The van der Waals surface area contributed by atoms with Gasteiger partial charge in [-0.15, -0.1) is 0 Å². The molecule has 0 atom stereocenters. The minimum atomic E-state index is -5.35. The highest BCUT2D eigenvalue weighted by Crippen LogP contribution is 2.48. The zero-order chi connectivity index (χ0) is 30.7. The zero-order valence-electron chi connectivity index (χ0n) is 22.5. The topological polar surface area (TPSA) is 79.0 Å². The van der Waals surface area contributed by atoms with Crippen LogP contribution in [-0.4, -0.2) is 75.2 Å². The Bertz CT molecular complexity index is 1420. The van der Waals surface area contributed by atoms with E-state index in [9.17, 15) is 39.6 Å². The maximum absolute atomic E-state index is 14.2. The third-order valence-electron chi connectivity index (χ3n) is 6.85. The molecule has 4 rings (SSSR count). The molecule has 1 amide bonds. The van der Waals surface area contributed by atoms with Crippen LogP contribution in [0.25, 0.3) is 6.08 Å². The van der Waals surface area contributed by atoms with Crippen molar-refractivity contribution < 1.29 is 44.3 Å². The molecule has 0 aromatic heterocycles. The predicted molar refractivity (Wildman–Crippen MR) is 147 cm³/mol. The number of anilines is 1. The Morgan fingerprint density at radius 1 is 0.976 bits per heavy atom. The Kier molecular flexibility index (Phi) is 9.85. The number of sulfonamides is 1. The quantitative estimate of drug-likeness (QED) is 0.316. The number of benzene rings is 2. The number of amides is 1. The molecule has 2 fully saturated rings. The highest BCUT2D eigenvalue weighted by Gasteiger charge is 2.46. The van der Waals surface area contributed by atoms with Gasteiger partial charge in [-0.25, -0.2) is 12.7 Å². The van der Waals surface area contributed by atoms with Crippen molar-refractivity contribution in [3.8, 4) is 0 Å². The van der Waals surface area contributed by atoms with Gasteiger partial charge in [0.1, 0.15) is 0 Å². The molecule has 2 aromatic rings. The van der Waals surface area contributed by atoms with Crippen LogP contribution in [0, 0.1) is 0 Å². The maximum atomic E-state index is 14.2. The molecule has 15 heteroatoms. The number of carbonyl (C=O) groups is 1. The lowest BCUT2D eigenvalue weighted by molar-refractivity contribution is -0.163.